The van der Waals surface area contributed by atoms with Gasteiger partial charge in [-0.25, -0.2) is 12.7 Å². The Balaban J connectivity index is 1.38. The van der Waals surface area contributed by atoms with Gasteiger partial charge in [-0.1, -0.05) is 12.1 Å². The minimum atomic E-state index is -3.20. The highest BCUT2D eigenvalue weighted by Crippen LogP contribution is 2.36. The second-order valence-electron chi connectivity index (χ2n) is 7.55. The van der Waals surface area contributed by atoms with Gasteiger partial charge in [0.25, 0.3) is 0 Å². The van der Waals surface area contributed by atoms with Crippen LogP contribution >= 0.6 is 0 Å². The van der Waals surface area contributed by atoms with Crippen LogP contribution in [-0.4, -0.2) is 62.5 Å². The molecular formula is C18H24N4O4S. The smallest absolute Gasteiger partial charge is 0.247 e. The maximum atomic E-state index is 12.6. The van der Waals surface area contributed by atoms with E-state index >= 15 is 0 Å². The van der Waals surface area contributed by atoms with E-state index in [1.807, 2.05) is 24.3 Å². The van der Waals surface area contributed by atoms with Crippen molar-refractivity contribution >= 4 is 33.2 Å². The Morgan fingerprint density at radius 2 is 1.93 bits per heavy atom. The third-order valence-electron chi connectivity index (χ3n) is 5.72. The van der Waals surface area contributed by atoms with Crippen molar-refractivity contribution in [2.75, 3.05) is 36.1 Å². The van der Waals surface area contributed by atoms with Crippen molar-refractivity contribution in [3.05, 3.63) is 24.3 Å². The van der Waals surface area contributed by atoms with Crippen LogP contribution in [0.1, 0.15) is 19.3 Å². The van der Waals surface area contributed by atoms with Gasteiger partial charge < -0.3 is 15.5 Å². The molecule has 4 rings (SSSR count). The van der Waals surface area contributed by atoms with Gasteiger partial charge in [-0.3, -0.25) is 9.59 Å². The number of para-hydroxylation sites is 2. The molecule has 3 aliphatic heterocycles. The molecule has 3 heterocycles. The summed E-state index contributed by atoms with van der Waals surface area (Å²) in [4.78, 5) is 27.1. The lowest BCUT2D eigenvalue weighted by atomic mass is 9.96. The summed E-state index contributed by atoms with van der Waals surface area (Å²) in [5.41, 5.74) is 1.79. The van der Waals surface area contributed by atoms with Crippen molar-refractivity contribution in [3.8, 4) is 0 Å². The fourth-order valence-corrected chi connectivity index (χ4v) is 5.14. The molecule has 0 radical (unpaired) electrons. The Hall–Kier alpha value is -2.13. The van der Waals surface area contributed by atoms with Gasteiger partial charge in [0, 0.05) is 31.6 Å². The Labute approximate surface area is 158 Å². The molecule has 0 bridgehead atoms. The van der Waals surface area contributed by atoms with Crippen LogP contribution in [0, 0.1) is 5.92 Å². The van der Waals surface area contributed by atoms with Crippen LogP contribution < -0.4 is 15.5 Å². The summed E-state index contributed by atoms with van der Waals surface area (Å²) in [6.07, 6.45) is 2.84. The monoisotopic (exact) mass is 392 g/mol. The number of carbonyl (C=O) groups is 2. The standard InChI is InChI=1S/C18H24N4O4S/c1-27(25,26)21-8-6-12(7-9-21)17(23)19-13-10-16-18(24)20-14-4-2-3-5-15(14)22(16)11-13/h2-5,12-13,16H,6-11H2,1H3,(H,19,23)(H,20,24). The van der Waals surface area contributed by atoms with Gasteiger partial charge in [0.05, 0.1) is 17.6 Å². The maximum absolute atomic E-state index is 12.6. The zero-order valence-corrected chi connectivity index (χ0v) is 16.0. The molecule has 2 atom stereocenters. The van der Waals surface area contributed by atoms with E-state index in [1.165, 1.54) is 10.6 Å². The summed E-state index contributed by atoms with van der Waals surface area (Å²) < 4.78 is 24.6. The molecule has 3 aliphatic rings. The van der Waals surface area contributed by atoms with Crippen molar-refractivity contribution in [1.29, 1.82) is 0 Å². The number of nitrogens with zero attached hydrogens (tertiary/aromatic N) is 2. The molecule has 27 heavy (non-hydrogen) atoms. The van der Waals surface area contributed by atoms with Crippen LogP contribution in [-0.2, 0) is 19.6 Å². The predicted molar refractivity (Wildman–Crippen MR) is 102 cm³/mol. The first-order valence-electron chi connectivity index (χ1n) is 9.25. The molecule has 9 heteroatoms. The van der Waals surface area contributed by atoms with Crippen LogP contribution in [0.25, 0.3) is 0 Å². The topological polar surface area (TPSA) is 98.8 Å². The number of amides is 2. The van der Waals surface area contributed by atoms with E-state index in [0.717, 1.165) is 11.4 Å². The highest BCUT2D eigenvalue weighted by Gasteiger charge is 2.42. The van der Waals surface area contributed by atoms with Crippen molar-refractivity contribution in [1.82, 2.24) is 9.62 Å². The van der Waals surface area contributed by atoms with Crippen molar-refractivity contribution in [3.63, 3.8) is 0 Å². The molecule has 2 amide bonds. The van der Waals surface area contributed by atoms with Crippen molar-refractivity contribution < 1.29 is 18.0 Å². The molecule has 0 aromatic heterocycles. The van der Waals surface area contributed by atoms with Gasteiger partial charge in [0.15, 0.2) is 0 Å². The van der Waals surface area contributed by atoms with Crippen LogP contribution in [0.5, 0.6) is 0 Å². The summed E-state index contributed by atoms with van der Waals surface area (Å²) >= 11 is 0. The van der Waals surface area contributed by atoms with E-state index in [0.29, 0.717) is 38.9 Å². The minimum absolute atomic E-state index is 0.0353. The molecular weight excluding hydrogens is 368 g/mol. The highest BCUT2D eigenvalue weighted by molar-refractivity contribution is 7.88. The fraction of sp³-hybridized carbons (Fsp3) is 0.556. The molecule has 146 valence electrons. The molecule has 0 aliphatic carbocycles. The van der Waals surface area contributed by atoms with Crippen LogP contribution in [0.2, 0.25) is 0 Å². The lowest BCUT2D eigenvalue weighted by Crippen LogP contribution is -2.45. The second kappa shape index (κ2) is 6.79. The first-order chi connectivity index (χ1) is 12.8. The van der Waals surface area contributed by atoms with Crippen LogP contribution in [0.15, 0.2) is 24.3 Å². The van der Waals surface area contributed by atoms with Gasteiger partial charge in [0.2, 0.25) is 21.8 Å². The van der Waals surface area contributed by atoms with E-state index in [-0.39, 0.29) is 29.8 Å². The maximum Gasteiger partial charge on any atom is 0.247 e. The first-order valence-corrected chi connectivity index (χ1v) is 11.1. The Morgan fingerprint density at radius 1 is 1.22 bits per heavy atom. The largest absolute Gasteiger partial charge is 0.356 e. The lowest BCUT2D eigenvalue weighted by molar-refractivity contribution is -0.127. The Kier molecular flexibility index (Phi) is 4.59. The van der Waals surface area contributed by atoms with E-state index in [9.17, 15) is 18.0 Å². The summed E-state index contributed by atoms with van der Waals surface area (Å²) in [6.45, 7) is 1.36. The van der Waals surface area contributed by atoms with Gasteiger partial charge >= 0.3 is 0 Å². The Bertz CT molecular complexity index is 864. The Morgan fingerprint density at radius 3 is 2.63 bits per heavy atom. The van der Waals surface area contributed by atoms with E-state index in [1.54, 1.807) is 0 Å². The number of sulfonamides is 1. The van der Waals surface area contributed by atoms with Gasteiger partial charge in [0.1, 0.15) is 6.04 Å². The lowest BCUT2D eigenvalue weighted by Gasteiger charge is -2.32. The summed E-state index contributed by atoms with van der Waals surface area (Å²) in [6, 6.07) is 7.33. The number of hydrogen-bond donors (Lipinski definition) is 2. The minimum Gasteiger partial charge on any atom is -0.356 e. The van der Waals surface area contributed by atoms with Crippen molar-refractivity contribution in [2.24, 2.45) is 5.92 Å². The summed E-state index contributed by atoms with van der Waals surface area (Å²) in [5, 5.41) is 6.01. The zero-order valence-electron chi connectivity index (χ0n) is 15.2. The average Bonchev–Trinajstić information content (AvgIpc) is 3.06. The average molecular weight is 392 g/mol. The van der Waals surface area contributed by atoms with E-state index in [2.05, 4.69) is 15.5 Å². The summed E-state index contributed by atoms with van der Waals surface area (Å²) in [5.74, 6) is -0.254. The zero-order chi connectivity index (χ0) is 19.2. The number of nitrogens with one attached hydrogen (secondary N) is 2. The number of benzene rings is 1. The normalized spacial score (nSPS) is 26.3. The first kappa shape index (κ1) is 18.2. The summed E-state index contributed by atoms with van der Waals surface area (Å²) in [7, 11) is -3.20. The molecule has 2 saturated heterocycles. The third-order valence-corrected chi connectivity index (χ3v) is 7.02. The van der Waals surface area contributed by atoms with Crippen molar-refractivity contribution in [2.45, 2.75) is 31.3 Å². The highest BCUT2D eigenvalue weighted by atomic mass is 32.2. The SMILES string of the molecule is CS(=O)(=O)N1CCC(C(=O)NC2CC3C(=O)Nc4ccccc4N3C2)CC1. The molecule has 1 aromatic rings. The molecule has 1 aromatic carbocycles. The number of anilines is 2. The van der Waals surface area contributed by atoms with Crippen LogP contribution in [0.4, 0.5) is 11.4 Å². The van der Waals surface area contributed by atoms with E-state index < -0.39 is 10.0 Å². The predicted octanol–water partition coefficient (Wildman–Crippen LogP) is 0.374. The molecule has 0 saturated carbocycles. The second-order valence-corrected chi connectivity index (χ2v) is 9.53. The van der Waals surface area contributed by atoms with Gasteiger partial charge in [-0.2, -0.15) is 0 Å². The van der Waals surface area contributed by atoms with Gasteiger partial charge in [-0.05, 0) is 31.4 Å². The molecule has 2 unspecified atom stereocenters. The fourth-order valence-electron chi connectivity index (χ4n) is 4.27. The molecule has 0 spiro atoms. The number of carbonyl (C=O) groups excluding carboxylic acids is 2. The number of piperidine rings is 1. The van der Waals surface area contributed by atoms with Crippen LogP contribution in [0.3, 0.4) is 0 Å². The number of rotatable bonds is 3. The quantitative estimate of drug-likeness (QED) is 0.775. The van der Waals surface area contributed by atoms with Gasteiger partial charge in [-0.15, -0.1) is 0 Å². The number of hydrogen-bond acceptors (Lipinski definition) is 5. The number of fused-ring (bicyclic) bond motifs is 3. The molecule has 8 nitrogen and oxygen atoms in total. The molecule has 2 fully saturated rings. The van der Waals surface area contributed by atoms with E-state index in [4.69, 9.17) is 0 Å². The third kappa shape index (κ3) is 3.53. The molecule has 2 N–H and O–H groups in total.